The summed E-state index contributed by atoms with van der Waals surface area (Å²) in [5.41, 5.74) is 3.01. The van der Waals surface area contributed by atoms with E-state index < -0.39 is 18.5 Å². The number of rotatable bonds is 8. The molecule has 0 fully saturated rings. The number of hydrogen-bond donors (Lipinski definition) is 2. The third-order valence-corrected chi connectivity index (χ3v) is 5.45. The van der Waals surface area contributed by atoms with Gasteiger partial charge in [0.15, 0.2) is 6.61 Å². The molecule has 2 N–H and O–H groups in total. The third kappa shape index (κ3) is 6.42. The Kier molecular flexibility index (Phi) is 7.83. The normalized spacial score (nSPS) is 11.7. The molecule has 4 aromatic rings. The van der Waals surface area contributed by atoms with Gasteiger partial charge in [0.1, 0.15) is 0 Å². The van der Waals surface area contributed by atoms with E-state index in [9.17, 15) is 14.4 Å². The molecule has 7 nitrogen and oxygen atoms in total. The Balaban J connectivity index is 1.32. The van der Waals surface area contributed by atoms with E-state index in [4.69, 9.17) is 4.74 Å². The molecule has 0 radical (unpaired) electrons. The van der Waals surface area contributed by atoms with Gasteiger partial charge >= 0.3 is 5.97 Å². The predicted molar refractivity (Wildman–Crippen MR) is 139 cm³/mol. The van der Waals surface area contributed by atoms with E-state index in [0.29, 0.717) is 16.9 Å². The van der Waals surface area contributed by atoms with E-state index in [0.717, 1.165) is 16.5 Å². The fourth-order valence-electron chi connectivity index (χ4n) is 3.59. The van der Waals surface area contributed by atoms with Crippen molar-refractivity contribution in [3.8, 4) is 0 Å². The molecule has 180 valence electrons. The zero-order chi connectivity index (χ0) is 25.3. The van der Waals surface area contributed by atoms with Gasteiger partial charge in [0.05, 0.1) is 28.5 Å². The average molecular weight is 480 g/mol. The maximum atomic E-state index is 12.8. The minimum absolute atomic E-state index is 0.215. The smallest absolute Gasteiger partial charge is 0.331 e. The highest BCUT2D eigenvalue weighted by molar-refractivity contribution is 6.04. The Bertz CT molecular complexity index is 1420. The van der Waals surface area contributed by atoms with Gasteiger partial charge in [-0.15, -0.1) is 0 Å². The number of ether oxygens (including phenoxy) is 1. The summed E-state index contributed by atoms with van der Waals surface area (Å²) in [7, 11) is 0. The number of fused-ring (bicyclic) bond motifs is 1. The highest BCUT2D eigenvalue weighted by Gasteiger charge is 2.16. The SMILES string of the molecule is CC(NC(=O)c1ccccc1NC(=O)COC(=O)/C=C/c1ccc2ccccc2n1)c1ccccc1. The Morgan fingerprint density at radius 1 is 0.889 bits per heavy atom. The molecule has 0 spiro atoms. The number of pyridine rings is 1. The fourth-order valence-corrected chi connectivity index (χ4v) is 3.59. The van der Waals surface area contributed by atoms with Crippen LogP contribution in [0, 0.1) is 0 Å². The quantitative estimate of drug-likeness (QED) is 0.276. The lowest BCUT2D eigenvalue weighted by Crippen LogP contribution is -2.28. The number of carbonyl (C=O) groups is 3. The summed E-state index contributed by atoms with van der Waals surface area (Å²) >= 11 is 0. The van der Waals surface area contributed by atoms with Crippen LogP contribution in [-0.4, -0.2) is 29.4 Å². The first-order valence-electron chi connectivity index (χ1n) is 11.4. The minimum Gasteiger partial charge on any atom is -0.452 e. The van der Waals surface area contributed by atoms with E-state index in [1.54, 1.807) is 30.3 Å². The fraction of sp³-hybridized carbons (Fsp3) is 0.103. The molecule has 0 saturated heterocycles. The zero-order valence-corrected chi connectivity index (χ0v) is 19.7. The summed E-state index contributed by atoms with van der Waals surface area (Å²) in [6, 6.07) is 27.4. The molecule has 7 heteroatoms. The van der Waals surface area contributed by atoms with Crippen LogP contribution in [-0.2, 0) is 14.3 Å². The largest absolute Gasteiger partial charge is 0.452 e. The van der Waals surface area contributed by atoms with Gasteiger partial charge in [0.25, 0.3) is 11.8 Å². The molecular weight excluding hydrogens is 454 g/mol. The molecule has 0 aliphatic heterocycles. The molecule has 0 saturated carbocycles. The molecule has 1 atom stereocenters. The molecular formula is C29H25N3O4. The van der Waals surface area contributed by atoms with E-state index in [2.05, 4.69) is 15.6 Å². The maximum absolute atomic E-state index is 12.8. The molecule has 0 bridgehead atoms. The topological polar surface area (TPSA) is 97.4 Å². The second kappa shape index (κ2) is 11.6. The molecule has 36 heavy (non-hydrogen) atoms. The van der Waals surface area contributed by atoms with Crippen molar-refractivity contribution in [1.82, 2.24) is 10.3 Å². The lowest BCUT2D eigenvalue weighted by Gasteiger charge is -2.16. The molecule has 3 aromatic carbocycles. The van der Waals surface area contributed by atoms with Crippen molar-refractivity contribution in [2.24, 2.45) is 0 Å². The summed E-state index contributed by atoms with van der Waals surface area (Å²) in [6.07, 6.45) is 2.75. The van der Waals surface area contributed by atoms with E-state index in [1.165, 1.54) is 12.2 Å². The van der Waals surface area contributed by atoms with Crippen LogP contribution in [0.1, 0.15) is 34.6 Å². The highest BCUT2D eigenvalue weighted by Crippen LogP contribution is 2.18. The van der Waals surface area contributed by atoms with Crippen molar-refractivity contribution in [1.29, 1.82) is 0 Å². The number of carbonyl (C=O) groups excluding carboxylic acids is 3. The minimum atomic E-state index is -0.678. The number of nitrogens with zero attached hydrogens (tertiary/aromatic N) is 1. The second-order valence-electron chi connectivity index (χ2n) is 8.07. The maximum Gasteiger partial charge on any atom is 0.331 e. The van der Waals surface area contributed by atoms with Crippen LogP contribution < -0.4 is 10.6 Å². The molecule has 0 aliphatic rings. The van der Waals surface area contributed by atoms with Gasteiger partial charge in [-0.3, -0.25) is 9.59 Å². The van der Waals surface area contributed by atoms with Crippen molar-refractivity contribution in [3.05, 3.63) is 114 Å². The number of para-hydroxylation sites is 2. The highest BCUT2D eigenvalue weighted by atomic mass is 16.5. The van der Waals surface area contributed by atoms with E-state index in [1.807, 2.05) is 67.6 Å². The standard InChI is InChI=1S/C29H25N3O4/c1-20(21-9-3-2-4-10-21)30-29(35)24-12-6-8-14-26(24)32-27(33)19-36-28(34)18-17-23-16-15-22-11-5-7-13-25(22)31-23/h2-18,20H,19H2,1H3,(H,30,35)(H,32,33)/b18-17+. The lowest BCUT2D eigenvalue weighted by molar-refractivity contribution is -0.142. The summed E-state index contributed by atoms with van der Waals surface area (Å²) in [5.74, 6) is -1.56. The van der Waals surface area contributed by atoms with E-state index >= 15 is 0 Å². The van der Waals surface area contributed by atoms with Crippen LogP contribution in [0.5, 0.6) is 0 Å². The first-order valence-corrected chi connectivity index (χ1v) is 11.4. The van der Waals surface area contributed by atoms with Gasteiger partial charge in [-0.1, -0.05) is 66.7 Å². The van der Waals surface area contributed by atoms with Crippen molar-refractivity contribution in [2.45, 2.75) is 13.0 Å². The van der Waals surface area contributed by atoms with E-state index in [-0.39, 0.29) is 11.9 Å². The summed E-state index contributed by atoms with van der Waals surface area (Å²) < 4.78 is 5.04. The van der Waals surface area contributed by atoms with Crippen LogP contribution in [0.3, 0.4) is 0 Å². The Hall–Kier alpha value is -4.78. The summed E-state index contributed by atoms with van der Waals surface area (Å²) in [4.78, 5) is 41.8. The van der Waals surface area contributed by atoms with Gasteiger partial charge in [0.2, 0.25) is 0 Å². The van der Waals surface area contributed by atoms with Crippen molar-refractivity contribution in [2.75, 3.05) is 11.9 Å². The molecule has 0 aliphatic carbocycles. The monoisotopic (exact) mass is 479 g/mol. The van der Waals surface area contributed by atoms with Crippen molar-refractivity contribution < 1.29 is 19.1 Å². The Morgan fingerprint density at radius 3 is 2.44 bits per heavy atom. The summed E-state index contributed by atoms with van der Waals surface area (Å²) in [5, 5.41) is 6.57. The number of amides is 2. The van der Waals surface area contributed by atoms with Crippen LogP contribution in [0.4, 0.5) is 5.69 Å². The summed E-state index contributed by atoms with van der Waals surface area (Å²) in [6.45, 7) is 1.39. The lowest BCUT2D eigenvalue weighted by atomic mass is 10.1. The second-order valence-corrected chi connectivity index (χ2v) is 8.07. The number of esters is 1. The number of aromatic nitrogens is 1. The van der Waals surface area contributed by atoms with Crippen LogP contribution in [0.25, 0.3) is 17.0 Å². The van der Waals surface area contributed by atoms with Gasteiger partial charge in [-0.25, -0.2) is 9.78 Å². The molecule has 1 unspecified atom stereocenters. The van der Waals surface area contributed by atoms with Crippen molar-refractivity contribution in [3.63, 3.8) is 0 Å². The number of nitrogens with one attached hydrogen (secondary N) is 2. The first kappa shape index (κ1) is 24.3. The molecule has 1 aromatic heterocycles. The van der Waals surface area contributed by atoms with Gasteiger partial charge in [0, 0.05) is 11.5 Å². The van der Waals surface area contributed by atoms with Gasteiger partial charge < -0.3 is 15.4 Å². The molecule has 4 rings (SSSR count). The van der Waals surface area contributed by atoms with Crippen LogP contribution in [0.2, 0.25) is 0 Å². The number of hydrogen-bond acceptors (Lipinski definition) is 5. The average Bonchev–Trinajstić information content (AvgIpc) is 2.91. The molecule has 2 amide bonds. The van der Waals surface area contributed by atoms with Gasteiger partial charge in [-0.05, 0) is 42.8 Å². The number of benzene rings is 3. The van der Waals surface area contributed by atoms with Crippen LogP contribution in [0.15, 0.2) is 97.1 Å². The Morgan fingerprint density at radius 2 is 1.61 bits per heavy atom. The van der Waals surface area contributed by atoms with Crippen LogP contribution >= 0.6 is 0 Å². The zero-order valence-electron chi connectivity index (χ0n) is 19.7. The van der Waals surface area contributed by atoms with Crippen molar-refractivity contribution >= 4 is 40.4 Å². The predicted octanol–water partition coefficient (Wildman–Crippen LogP) is 4.92. The third-order valence-electron chi connectivity index (χ3n) is 5.45. The first-order chi connectivity index (χ1) is 17.5. The Labute approximate surface area is 208 Å². The number of anilines is 1. The molecule has 1 heterocycles. The van der Waals surface area contributed by atoms with Gasteiger partial charge in [-0.2, -0.15) is 0 Å².